The third-order valence-corrected chi connectivity index (χ3v) is 8.05. The molecule has 28 heavy (non-hydrogen) atoms. The van der Waals surface area contributed by atoms with Gasteiger partial charge in [0, 0.05) is 31.3 Å². The van der Waals surface area contributed by atoms with Crippen LogP contribution in [0, 0.1) is 5.92 Å². The van der Waals surface area contributed by atoms with Crippen molar-refractivity contribution >= 4 is 33.1 Å². The average molecular weight is 417 g/mol. The van der Waals surface area contributed by atoms with Crippen LogP contribution >= 0.6 is 11.3 Å². The van der Waals surface area contributed by atoms with E-state index in [0.29, 0.717) is 36.0 Å². The summed E-state index contributed by atoms with van der Waals surface area (Å²) in [5.74, 6) is 0.144. The highest BCUT2D eigenvalue weighted by Crippen LogP contribution is 2.27. The summed E-state index contributed by atoms with van der Waals surface area (Å²) in [6.07, 6.45) is 2.78. The second kappa shape index (κ2) is 7.86. The van der Waals surface area contributed by atoms with Gasteiger partial charge in [-0.3, -0.25) is 4.79 Å². The molecule has 1 N–H and O–H groups in total. The number of carbonyl (C=O) groups is 1. The van der Waals surface area contributed by atoms with Crippen LogP contribution in [0.5, 0.6) is 0 Å². The lowest BCUT2D eigenvalue weighted by Crippen LogP contribution is -2.41. The van der Waals surface area contributed by atoms with Crippen molar-refractivity contribution in [2.75, 3.05) is 18.4 Å². The van der Waals surface area contributed by atoms with Crippen molar-refractivity contribution in [3.8, 4) is 5.69 Å². The van der Waals surface area contributed by atoms with E-state index in [0.717, 1.165) is 5.69 Å². The maximum absolute atomic E-state index is 12.6. The van der Waals surface area contributed by atoms with Crippen molar-refractivity contribution in [2.24, 2.45) is 5.92 Å². The molecule has 0 saturated carbocycles. The number of hydrogen-bond acceptors (Lipinski definition) is 5. The van der Waals surface area contributed by atoms with Crippen LogP contribution in [0.4, 0.5) is 5.82 Å². The first-order valence-corrected chi connectivity index (χ1v) is 11.3. The number of nitrogens with one attached hydrogen (secondary N) is 1. The average Bonchev–Trinajstić information content (AvgIpc) is 3.41. The standard InChI is InChI=1S/C19H20N4O3S2/c24-19(20-17-10-13-23(21-17)16-5-2-1-3-6-16)15-8-11-22(12-9-15)28(25,26)18-7-4-14-27-18/h1-7,10,13-15H,8-9,11-12H2,(H,20,21,24). The number of thiophene rings is 1. The van der Waals surface area contributed by atoms with E-state index in [1.807, 2.05) is 30.3 Å². The molecule has 0 spiro atoms. The molecular weight excluding hydrogens is 396 g/mol. The fourth-order valence-corrected chi connectivity index (χ4v) is 5.85. The number of benzene rings is 1. The maximum Gasteiger partial charge on any atom is 0.252 e. The number of rotatable bonds is 5. The van der Waals surface area contributed by atoms with E-state index in [-0.39, 0.29) is 11.8 Å². The molecule has 7 nitrogen and oxygen atoms in total. The number of hydrogen-bond donors (Lipinski definition) is 1. The van der Waals surface area contributed by atoms with Crippen molar-refractivity contribution in [2.45, 2.75) is 17.1 Å². The summed E-state index contributed by atoms with van der Waals surface area (Å²) in [6, 6.07) is 14.7. The number of piperidine rings is 1. The van der Waals surface area contributed by atoms with Crippen LogP contribution < -0.4 is 5.32 Å². The van der Waals surface area contributed by atoms with Crippen molar-refractivity contribution in [1.29, 1.82) is 0 Å². The second-order valence-electron chi connectivity index (χ2n) is 6.58. The Kier molecular flexibility index (Phi) is 5.29. The molecule has 3 aromatic rings. The molecule has 1 saturated heterocycles. The third-order valence-electron chi connectivity index (χ3n) is 4.78. The topological polar surface area (TPSA) is 84.3 Å². The van der Waals surface area contributed by atoms with E-state index in [9.17, 15) is 13.2 Å². The molecule has 0 radical (unpaired) electrons. The smallest absolute Gasteiger partial charge is 0.252 e. The van der Waals surface area contributed by atoms with Gasteiger partial charge in [0.15, 0.2) is 5.82 Å². The maximum atomic E-state index is 12.6. The Morgan fingerprint density at radius 1 is 1.07 bits per heavy atom. The van der Waals surface area contributed by atoms with Crippen LogP contribution in [-0.4, -0.2) is 41.5 Å². The lowest BCUT2D eigenvalue weighted by molar-refractivity contribution is -0.120. The number of nitrogens with zero attached hydrogens (tertiary/aromatic N) is 3. The molecule has 1 aliphatic heterocycles. The zero-order valence-electron chi connectivity index (χ0n) is 15.1. The van der Waals surface area contributed by atoms with Crippen molar-refractivity contribution in [3.05, 3.63) is 60.1 Å². The Labute approximate surface area is 167 Å². The second-order valence-corrected chi connectivity index (χ2v) is 9.69. The van der Waals surface area contributed by atoms with E-state index < -0.39 is 10.0 Å². The van der Waals surface area contributed by atoms with Gasteiger partial charge in [-0.05, 0) is 36.4 Å². The highest BCUT2D eigenvalue weighted by atomic mass is 32.2. The molecule has 1 aromatic carbocycles. The number of carbonyl (C=O) groups excluding carboxylic acids is 1. The Hall–Kier alpha value is -2.49. The summed E-state index contributed by atoms with van der Waals surface area (Å²) in [6.45, 7) is 0.688. The van der Waals surface area contributed by atoms with Gasteiger partial charge in [0.2, 0.25) is 5.91 Å². The number of amides is 1. The number of sulfonamides is 1. The zero-order chi connectivity index (χ0) is 19.6. The molecule has 1 fully saturated rings. The Balaban J connectivity index is 1.35. The van der Waals surface area contributed by atoms with E-state index in [4.69, 9.17) is 0 Å². The Morgan fingerprint density at radius 3 is 2.50 bits per heavy atom. The first-order chi connectivity index (χ1) is 13.5. The van der Waals surface area contributed by atoms with Gasteiger partial charge in [-0.1, -0.05) is 24.3 Å². The summed E-state index contributed by atoms with van der Waals surface area (Å²) in [4.78, 5) is 12.6. The van der Waals surface area contributed by atoms with E-state index in [1.54, 1.807) is 34.5 Å². The molecule has 1 amide bonds. The van der Waals surface area contributed by atoms with Crippen LogP contribution in [0.1, 0.15) is 12.8 Å². The van der Waals surface area contributed by atoms with E-state index >= 15 is 0 Å². The molecule has 0 atom stereocenters. The molecule has 1 aliphatic rings. The molecule has 9 heteroatoms. The van der Waals surface area contributed by atoms with Crippen LogP contribution in [-0.2, 0) is 14.8 Å². The van der Waals surface area contributed by atoms with Crippen molar-refractivity contribution in [3.63, 3.8) is 0 Å². The SMILES string of the molecule is O=C(Nc1ccn(-c2ccccc2)n1)C1CCN(S(=O)(=O)c2cccs2)CC1. The minimum Gasteiger partial charge on any atom is -0.309 e. The normalized spacial score (nSPS) is 16.1. The van der Waals surface area contributed by atoms with Gasteiger partial charge in [-0.2, -0.15) is 9.40 Å². The van der Waals surface area contributed by atoms with Crippen molar-refractivity contribution < 1.29 is 13.2 Å². The summed E-state index contributed by atoms with van der Waals surface area (Å²) < 4.78 is 28.7. The number of para-hydroxylation sites is 1. The molecule has 2 aromatic heterocycles. The van der Waals surface area contributed by atoms with Gasteiger partial charge in [0.05, 0.1) is 5.69 Å². The number of aromatic nitrogens is 2. The first-order valence-electron chi connectivity index (χ1n) is 9.00. The van der Waals surface area contributed by atoms with E-state index in [2.05, 4.69) is 10.4 Å². The molecular formula is C19H20N4O3S2. The third kappa shape index (κ3) is 3.87. The monoisotopic (exact) mass is 416 g/mol. The van der Waals surface area contributed by atoms with Gasteiger partial charge in [0.25, 0.3) is 10.0 Å². The molecule has 146 valence electrons. The summed E-state index contributed by atoms with van der Waals surface area (Å²) in [5.41, 5.74) is 0.912. The molecule has 0 bridgehead atoms. The Morgan fingerprint density at radius 2 is 1.82 bits per heavy atom. The van der Waals surface area contributed by atoms with Gasteiger partial charge in [0.1, 0.15) is 4.21 Å². The van der Waals surface area contributed by atoms with Crippen molar-refractivity contribution in [1.82, 2.24) is 14.1 Å². The predicted molar refractivity (Wildman–Crippen MR) is 108 cm³/mol. The minimum atomic E-state index is -3.45. The fourth-order valence-electron chi connectivity index (χ4n) is 3.24. The lowest BCUT2D eigenvalue weighted by Gasteiger charge is -2.29. The van der Waals surface area contributed by atoms with Gasteiger partial charge in [-0.25, -0.2) is 13.1 Å². The Bertz CT molecular complexity index is 1040. The van der Waals surface area contributed by atoms with Gasteiger partial charge >= 0.3 is 0 Å². The minimum absolute atomic E-state index is 0.119. The van der Waals surface area contributed by atoms with Crippen LogP contribution in [0.2, 0.25) is 0 Å². The molecule has 0 aliphatic carbocycles. The largest absolute Gasteiger partial charge is 0.309 e. The predicted octanol–water partition coefficient (Wildman–Crippen LogP) is 2.97. The van der Waals surface area contributed by atoms with Crippen LogP contribution in [0.3, 0.4) is 0 Å². The quantitative estimate of drug-likeness (QED) is 0.693. The van der Waals surface area contributed by atoms with Gasteiger partial charge in [-0.15, -0.1) is 11.3 Å². The lowest BCUT2D eigenvalue weighted by atomic mass is 9.97. The van der Waals surface area contributed by atoms with Gasteiger partial charge < -0.3 is 5.32 Å². The summed E-state index contributed by atoms with van der Waals surface area (Å²) in [5, 5.41) is 8.98. The van der Waals surface area contributed by atoms with Crippen LogP contribution in [0.25, 0.3) is 5.69 Å². The first kappa shape index (κ1) is 18.9. The van der Waals surface area contributed by atoms with Crippen LogP contribution in [0.15, 0.2) is 64.3 Å². The summed E-state index contributed by atoms with van der Waals surface area (Å²) in [7, 11) is -3.45. The highest BCUT2D eigenvalue weighted by molar-refractivity contribution is 7.91. The molecule has 4 rings (SSSR count). The zero-order valence-corrected chi connectivity index (χ0v) is 16.7. The number of anilines is 1. The molecule has 3 heterocycles. The summed E-state index contributed by atoms with van der Waals surface area (Å²) >= 11 is 1.21. The van der Waals surface area contributed by atoms with E-state index in [1.165, 1.54) is 15.6 Å². The highest BCUT2D eigenvalue weighted by Gasteiger charge is 2.32. The fraction of sp³-hybridized carbons (Fsp3) is 0.263. The molecule has 0 unspecified atom stereocenters.